The maximum absolute atomic E-state index is 11.3. The first-order valence-corrected chi connectivity index (χ1v) is 8.40. The van der Waals surface area contributed by atoms with E-state index < -0.39 is 5.97 Å². The molecule has 23 heavy (non-hydrogen) atoms. The molecule has 2 rings (SSSR count). The van der Waals surface area contributed by atoms with E-state index in [2.05, 4.69) is 41.7 Å². The fourth-order valence-electron chi connectivity index (χ4n) is 2.93. The monoisotopic (exact) mass is 317 g/mol. The van der Waals surface area contributed by atoms with Crippen LogP contribution in [0, 0.1) is 11.8 Å². The van der Waals surface area contributed by atoms with E-state index in [0.717, 1.165) is 29.8 Å². The molecule has 0 amide bonds. The standard InChI is InChI=1S/C18H27N3O2/c1-4-9-21-16-8-6-5-7-15(16)20-17(21)12-19-11-14(18(22)23)10-13(2)3/h5-8,13-14,19H,4,9-12H2,1-3H3,(H,22,23). The van der Waals surface area contributed by atoms with E-state index in [1.165, 1.54) is 0 Å². The summed E-state index contributed by atoms with van der Waals surface area (Å²) in [5, 5.41) is 12.6. The van der Waals surface area contributed by atoms with Gasteiger partial charge in [-0.1, -0.05) is 32.9 Å². The number of aryl methyl sites for hydroxylation is 1. The minimum absolute atomic E-state index is 0.348. The lowest BCUT2D eigenvalue weighted by atomic mass is 9.97. The molecule has 0 aliphatic rings. The normalized spacial score (nSPS) is 12.9. The molecule has 1 heterocycles. The Bertz CT molecular complexity index is 649. The van der Waals surface area contributed by atoms with Crippen LogP contribution in [-0.4, -0.2) is 27.2 Å². The number of fused-ring (bicyclic) bond motifs is 1. The van der Waals surface area contributed by atoms with Crippen molar-refractivity contribution in [2.45, 2.75) is 46.7 Å². The number of imidazole rings is 1. The predicted octanol–water partition coefficient (Wildman–Crippen LogP) is 3.28. The van der Waals surface area contributed by atoms with Gasteiger partial charge in [0.2, 0.25) is 0 Å². The van der Waals surface area contributed by atoms with Gasteiger partial charge in [-0.15, -0.1) is 0 Å². The Morgan fingerprint density at radius 1 is 1.35 bits per heavy atom. The van der Waals surface area contributed by atoms with Gasteiger partial charge in [-0.25, -0.2) is 4.98 Å². The van der Waals surface area contributed by atoms with Crippen LogP contribution in [0.3, 0.4) is 0 Å². The molecule has 1 aromatic heterocycles. The number of carboxylic acid groups (broad SMARTS) is 1. The molecule has 5 heteroatoms. The van der Waals surface area contributed by atoms with Gasteiger partial charge in [-0.3, -0.25) is 4.79 Å². The van der Waals surface area contributed by atoms with Crippen LogP contribution in [0.25, 0.3) is 11.0 Å². The maximum atomic E-state index is 11.3. The van der Waals surface area contributed by atoms with Crippen LogP contribution in [0.4, 0.5) is 0 Å². The van der Waals surface area contributed by atoms with Gasteiger partial charge in [0.05, 0.1) is 23.5 Å². The molecule has 1 atom stereocenters. The first kappa shape index (κ1) is 17.5. The summed E-state index contributed by atoms with van der Waals surface area (Å²) in [6.07, 6.45) is 1.73. The third-order valence-corrected chi connectivity index (χ3v) is 3.96. The molecule has 2 N–H and O–H groups in total. The summed E-state index contributed by atoms with van der Waals surface area (Å²) in [5.74, 6) is 0.275. The molecule has 0 spiro atoms. The summed E-state index contributed by atoms with van der Waals surface area (Å²) in [6, 6.07) is 8.12. The highest BCUT2D eigenvalue weighted by atomic mass is 16.4. The molecule has 0 aliphatic carbocycles. The molecular weight excluding hydrogens is 290 g/mol. The van der Waals surface area contributed by atoms with Gasteiger partial charge in [0.1, 0.15) is 5.82 Å². The van der Waals surface area contributed by atoms with Gasteiger partial charge in [-0.2, -0.15) is 0 Å². The maximum Gasteiger partial charge on any atom is 0.307 e. The van der Waals surface area contributed by atoms with E-state index >= 15 is 0 Å². The Morgan fingerprint density at radius 3 is 2.74 bits per heavy atom. The summed E-state index contributed by atoms with van der Waals surface area (Å²) in [7, 11) is 0. The first-order valence-electron chi connectivity index (χ1n) is 8.40. The van der Waals surface area contributed by atoms with Crippen LogP contribution in [0.15, 0.2) is 24.3 Å². The Morgan fingerprint density at radius 2 is 2.09 bits per heavy atom. The van der Waals surface area contributed by atoms with Gasteiger partial charge >= 0.3 is 5.97 Å². The van der Waals surface area contributed by atoms with Gasteiger partial charge in [0.15, 0.2) is 0 Å². The molecule has 0 aliphatic heterocycles. The van der Waals surface area contributed by atoms with E-state index in [4.69, 9.17) is 0 Å². The number of aromatic nitrogens is 2. The number of carboxylic acids is 1. The van der Waals surface area contributed by atoms with Crippen molar-refractivity contribution >= 4 is 17.0 Å². The minimum Gasteiger partial charge on any atom is -0.481 e. The van der Waals surface area contributed by atoms with E-state index in [9.17, 15) is 9.90 Å². The van der Waals surface area contributed by atoms with Crippen molar-refractivity contribution in [1.82, 2.24) is 14.9 Å². The van der Waals surface area contributed by atoms with Crippen molar-refractivity contribution in [2.75, 3.05) is 6.54 Å². The molecule has 0 bridgehead atoms. The van der Waals surface area contributed by atoms with E-state index in [0.29, 0.717) is 25.4 Å². The number of benzene rings is 1. The number of carbonyl (C=O) groups is 1. The zero-order chi connectivity index (χ0) is 16.8. The van der Waals surface area contributed by atoms with Crippen LogP contribution in [0.2, 0.25) is 0 Å². The van der Waals surface area contributed by atoms with Crippen LogP contribution < -0.4 is 5.32 Å². The molecule has 0 saturated heterocycles. The second-order valence-electron chi connectivity index (χ2n) is 6.46. The van der Waals surface area contributed by atoms with E-state index in [-0.39, 0.29) is 5.92 Å². The number of para-hydroxylation sites is 2. The summed E-state index contributed by atoms with van der Waals surface area (Å²) < 4.78 is 2.22. The van der Waals surface area contributed by atoms with Crippen LogP contribution in [0.1, 0.15) is 39.4 Å². The Labute approximate surface area is 137 Å². The van der Waals surface area contributed by atoms with Crippen LogP contribution in [-0.2, 0) is 17.9 Å². The Kier molecular flexibility index (Phi) is 6.16. The Hall–Kier alpha value is -1.88. The second kappa shape index (κ2) is 8.11. The van der Waals surface area contributed by atoms with Gasteiger partial charge in [0, 0.05) is 13.1 Å². The molecule has 1 unspecified atom stereocenters. The van der Waals surface area contributed by atoms with Gasteiger partial charge in [0.25, 0.3) is 0 Å². The fourth-order valence-corrected chi connectivity index (χ4v) is 2.93. The molecule has 2 aromatic rings. The molecule has 1 aromatic carbocycles. The summed E-state index contributed by atoms with van der Waals surface area (Å²) in [4.78, 5) is 16.0. The molecule has 0 fully saturated rings. The highest BCUT2D eigenvalue weighted by Crippen LogP contribution is 2.17. The lowest BCUT2D eigenvalue weighted by Gasteiger charge is -2.15. The van der Waals surface area contributed by atoms with Gasteiger partial charge in [-0.05, 0) is 30.9 Å². The summed E-state index contributed by atoms with van der Waals surface area (Å²) in [6.45, 7) is 8.24. The average molecular weight is 317 g/mol. The quantitative estimate of drug-likeness (QED) is 0.745. The number of aliphatic carboxylic acids is 1. The zero-order valence-corrected chi connectivity index (χ0v) is 14.2. The minimum atomic E-state index is -0.728. The van der Waals surface area contributed by atoms with E-state index in [1.807, 2.05) is 18.2 Å². The van der Waals surface area contributed by atoms with Gasteiger partial charge < -0.3 is 15.0 Å². The highest BCUT2D eigenvalue weighted by molar-refractivity contribution is 5.75. The molecule has 5 nitrogen and oxygen atoms in total. The largest absolute Gasteiger partial charge is 0.481 e. The fraction of sp³-hybridized carbons (Fsp3) is 0.556. The van der Waals surface area contributed by atoms with Crippen molar-refractivity contribution in [3.8, 4) is 0 Å². The van der Waals surface area contributed by atoms with E-state index in [1.54, 1.807) is 0 Å². The first-order chi connectivity index (χ1) is 11.0. The average Bonchev–Trinajstić information content (AvgIpc) is 2.84. The lowest BCUT2D eigenvalue weighted by molar-refractivity contribution is -0.142. The highest BCUT2D eigenvalue weighted by Gasteiger charge is 2.19. The number of nitrogens with zero attached hydrogens (tertiary/aromatic N) is 2. The number of rotatable bonds is 9. The zero-order valence-electron chi connectivity index (χ0n) is 14.2. The van der Waals surface area contributed by atoms with Crippen LogP contribution >= 0.6 is 0 Å². The summed E-state index contributed by atoms with van der Waals surface area (Å²) >= 11 is 0. The number of hydrogen-bond donors (Lipinski definition) is 2. The van der Waals surface area contributed by atoms with Crippen molar-refractivity contribution < 1.29 is 9.90 Å². The molecule has 0 saturated carbocycles. The smallest absolute Gasteiger partial charge is 0.307 e. The third kappa shape index (κ3) is 4.55. The molecule has 126 valence electrons. The lowest BCUT2D eigenvalue weighted by Crippen LogP contribution is -2.30. The number of nitrogens with one attached hydrogen (secondary N) is 1. The molecule has 0 radical (unpaired) electrons. The van der Waals surface area contributed by atoms with Crippen molar-refractivity contribution in [1.29, 1.82) is 0 Å². The molecular formula is C18H27N3O2. The van der Waals surface area contributed by atoms with Crippen molar-refractivity contribution in [3.63, 3.8) is 0 Å². The number of hydrogen-bond acceptors (Lipinski definition) is 3. The van der Waals surface area contributed by atoms with Crippen molar-refractivity contribution in [2.24, 2.45) is 11.8 Å². The Balaban J connectivity index is 2.06. The van der Waals surface area contributed by atoms with Crippen molar-refractivity contribution in [3.05, 3.63) is 30.1 Å². The summed E-state index contributed by atoms with van der Waals surface area (Å²) in [5.41, 5.74) is 2.14. The predicted molar refractivity (Wildman–Crippen MR) is 92.3 cm³/mol. The second-order valence-corrected chi connectivity index (χ2v) is 6.46. The topological polar surface area (TPSA) is 67.2 Å². The van der Waals surface area contributed by atoms with Crippen LogP contribution in [0.5, 0.6) is 0 Å². The third-order valence-electron chi connectivity index (χ3n) is 3.96. The SMILES string of the molecule is CCCn1c(CNCC(CC(C)C)C(=O)O)nc2ccccc21.